The molecule has 5 heteroatoms. The Kier molecular flexibility index (Phi) is 3.97. The molecule has 20 heavy (non-hydrogen) atoms. The Morgan fingerprint density at radius 1 is 1.25 bits per heavy atom. The molecule has 1 aromatic rings. The molecule has 2 aliphatic rings. The minimum atomic E-state index is -0.361. The predicted octanol–water partition coefficient (Wildman–Crippen LogP) is 0.787. The number of hydrogen-bond donors (Lipinski definition) is 1. The molecule has 0 aromatic heterocycles. The van der Waals surface area contributed by atoms with E-state index in [1.54, 1.807) is 12.1 Å². The molecule has 106 valence electrons. The van der Waals surface area contributed by atoms with Crippen LogP contribution in [-0.4, -0.2) is 55.1 Å². The molecular weight excluding hydrogens is 255 g/mol. The Bertz CT molecular complexity index is 513. The van der Waals surface area contributed by atoms with Crippen molar-refractivity contribution in [2.75, 3.05) is 39.3 Å². The van der Waals surface area contributed by atoms with Gasteiger partial charge in [-0.3, -0.25) is 9.80 Å². The Hall–Kier alpha value is -1.48. The number of halogens is 1. The highest BCUT2D eigenvalue weighted by Crippen LogP contribution is 2.16. The van der Waals surface area contributed by atoms with Gasteiger partial charge in [-0.05, 0) is 6.07 Å². The molecule has 4 nitrogen and oxygen atoms in total. The van der Waals surface area contributed by atoms with Crippen LogP contribution in [0.4, 0.5) is 4.39 Å². The van der Waals surface area contributed by atoms with Gasteiger partial charge < -0.3 is 5.32 Å². The molecule has 1 aromatic carbocycles. The lowest BCUT2D eigenvalue weighted by atomic mass is 10.1. The van der Waals surface area contributed by atoms with E-state index in [-0.39, 0.29) is 11.4 Å². The van der Waals surface area contributed by atoms with Crippen molar-refractivity contribution in [2.24, 2.45) is 0 Å². The smallest absolute Gasteiger partial charge is 0.145 e. The lowest BCUT2D eigenvalue weighted by Crippen LogP contribution is -2.61. The zero-order chi connectivity index (χ0) is 13.9. The van der Waals surface area contributed by atoms with Crippen LogP contribution in [0.25, 0.3) is 0 Å². The van der Waals surface area contributed by atoms with Crippen molar-refractivity contribution in [2.45, 2.75) is 12.6 Å². The second-order valence-electron chi connectivity index (χ2n) is 5.51. The molecule has 2 fully saturated rings. The average Bonchev–Trinajstić information content (AvgIpc) is 2.41. The Morgan fingerprint density at radius 2 is 2.00 bits per heavy atom. The van der Waals surface area contributed by atoms with Crippen molar-refractivity contribution in [3.8, 4) is 6.07 Å². The molecule has 0 aliphatic carbocycles. The van der Waals surface area contributed by atoms with Crippen molar-refractivity contribution in [1.29, 1.82) is 5.26 Å². The van der Waals surface area contributed by atoms with E-state index in [0.29, 0.717) is 18.2 Å². The van der Waals surface area contributed by atoms with Gasteiger partial charge >= 0.3 is 0 Å². The second-order valence-corrected chi connectivity index (χ2v) is 5.51. The second kappa shape index (κ2) is 5.88. The van der Waals surface area contributed by atoms with Gasteiger partial charge in [-0.15, -0.1) is 0 Å². The van der Waals surface area contributed by atoms with Gasteiger partial charge in [-0.1, -0.05) is 12.1 Å². The fraction of sp³-hybridized carbons (Fsp3) is 0.533. The van der Waals surface area contributed by atoms with Crippen LogP contribution >= 0.6 is 0 Å². The van der Waals surface area contributed by atoms with Crippen LogP contribution in [0.3, 0.4) is 0 Å². The van der Waals surface area contributed by atoms with Crippen LogP contribution in [0.1, 0.15) is 11.1 Å². The maximum absolute atomic E-state index is 14.0. The number of benzene rings is 1. The van der Waals surface area contributed by atoms with E-state index < -0.39 is 0 Å². The third-order valence-electron chi connectivity index (χ3n) is 4.28. The zero-order valence-corrected chi connectivity index (χ0v) is 11.5. The minimum absolute atomic E-state index is 0.140. The highest BCUT2D eigenvalue weighted by molar-refractivity contribution is 5.34. The molecule has 0 radical (unpaired) electrons. The third-order valence-corrected chi connectivity index (χ3v) is 4.28. The number of nitriles is 1. The third kappa shape index (κ3) is 2.68. The van der Waals surface area contributed by atoms with Crippen LogP contribution in [0.5, 0.6) is 0 Å². The first kappa shape index (κ1) is 13.5. The van der Waals surface area contributed by atoms with Crippen molar-refractivity contribution >= 4 is 0 Å². The molecule has 0 spiro atoms. The van der Waals surface area contributed by atoms with Gasteiger partial charge in [0.1, 0.15) is 11.9 Å². The monoisotopic (exact) mass is 274 g/mol. The first-order chi connectivity index (χ1) is 9.78. The quantitative estimate of drug-likeness (QED) is 0.885. The van der Waals surface area contributed by atoms with E-state index in [2.05, 4.69) is 15.1 Å². The van der Waals surface area contributed by atoms with Gasteiger partial charge in [0, 0.05) is 57.4 Å². The highest BCUT2D eigenvalue weighted by atomic mass is 19.1. The summed E-state index contributed by atoms with van der Waals surface area (Å²) in [5.74, 6) is -0.361. The largest absolute Gasteiger partial charge is 0.314 e. The highest BCUT2D eigenvalue weighted by Gasteiger charge is 2.27. The minimum Gasteiger partial charge on any atom is -0.314 e. The normalized spacial score (nSPS) is 21.4. The van der Waals surface area contributed by atoms with Crippen molar-refractivity contribution in [3.63, 3.8) is 0 Å². The molecule has 2 saturated heterocycles. The van der Waals surface area contributed by atoms with Gasteiger partial charge in [-0.25, -0.2) is 4.39 Å². The Balaban J connectivity index is 1.58. The van der Waals surface area contributed by atoms with Crippen LogP contribution in [-0.2, 0) is 6.54 Å². The molecule has 0 bridgehead atoms. The summed E-state index contributed by atoms with van der Waals surface area (Å²) in [4.78, 5) is 4.78. The van der Waals surface area contributed by atoms with E-state index in [4.69, 9.17) is 5.26 Å². The molecule has 3 rings (SSSR count). The summed E-state index contributed by atoms with van der Waals surface area (Å²) in [5.41, 5.74) is 0.768. The fourth-order valence-corrected chi connectivity index (χ4v) is 2.85. The van der Waals surface area contributed by atoms with Gasteiger partial charge in [0.25, 0.3) is 0 Å². The molecule has 2 heterocycles. The standard InChI is InChI=1S/C15H19FN4/c16-15-12(8-17)2-1-3-13(15)11-19-4-6-20(7-5-19)14-9-18-10-14/h1-3,14,18H,4-7,9-11H2. The number of nitrogens with zero attached hydrogens (tertiary/aromatic N) is 3. The molecule has 0 amide bonds. The maximum Gasteiger partial charge on any atom is 0.145 e. The van der Waals surface area contributed by atoms with Crippen LogP contribution in [0, 0.1) is 17.1 Å². The first-order valence-corrected chi connectivity index (χ1v) is 7.12. The number of piperazine rings is 1. The van der Waals surface area contributed by atoms with Gasteiger partial charge in [0.05, 0.1) is 5.56 Å². The van der Waals surface area contributed by atoms with E-state index in [1.165, 1.54) is 6.07 Å². The lowest BCUT2D eigenvalue weighted by molar-refractivity contribution is 0.0691. The molecule has 0 unspecified atom stereocenters. The van der Waals surface area contributed by atoms with E-state index >= 15 is 0 Å². The van der Waals surface area contributed by atoms with Crippen molar-refractivity contribution in [1.82, 2.24) is 15.1 Å². The van der Waals surface area contributed by atoms with E-state index in [0.717, 1.165) is 39.3 Å². The van der Waals surface area contributed by atoms with Crippen molar-refractivity contribution in [3.05, 3.63) is 35.1 Å². The predicted molar refractivity (Wildman–Crippen MR) is 74.6 cm³/mol. The number of nitrogens with one attached hydrogen (secondary N) is 1. The van der Waals surface area contributed by atoms with Crippen LogP contribution in [0.15, 0.2) is 18.2 Å². The molecular formula is C15H19FN4. The van der Waals surface area contributed by atoms with Crippen LogP contribution in [0.2, 0.25) is 0 Å². The fourth-order valence-electron chi connectivity index (χ4n) is 2.85. The first-order valence-electron chi connectivity index (χ1n) is 7.12. The van der Waals surface area contributed by atoms with Gasteiger partial charge in [0.2, 0.25) is 0 Å². The summed E-state index contributed by atoms with van der Waals surface area (Å²) in [5, 5.41) is 12.2. The van der Waals surface area contributed by atoms with Crippen LogP contribution < -0.4 is 5.32 Å². The maximum atomic E-state index is 14.0. The molecule has 2 aliphatic heterocycles. The SMILES string of the molecule is N#Cc1cccc(CN2CCN(C3CNC3)CC2)c1F. The van der Waals surface area contributed by atoms with Gasteiger partial charge in [0.15, 0.2) is 0 Å². The number of hydrogen-bond acceptors (Lipinski definition) is 4. The molecule has 0 saturated carbocycles. The molecule has 1 N–H and O–H groups in total. The summed E-state index contributed by atoms with van der Waals surface area (Å²) in [7, 11) is 0. The summed E-state index contributed by atoms with van der Waals surface area (Å²) >= 11 is 0. The topological polar surface area (TPSA) is 42.3 Å². The number of rotatable bonds is 3. The average molecular weight is 274 g/mol. The van der Waals surface area contributed by atoms with E-state index in [9.17, 15) is 4.39 Å². The van der Waals surface area contributed by atoms with Gasteiger partial charge in [-0.2, -0.15) is 5.26 Å². The molecule has 0 atom stereocenters. The summed E-state index contributed by atoms with van der Waals surface area (Å²) < 4.78 is 14.0. The Labute approximate surface area is 118 Å². The lowest BCUT2D eigenvalue weighted by Gasteiger charge is -2.43. The van der Waals surface area contributed by atoms with E-state index in [1.807, 2.05) is 6.07 Å². The Morgan fingerprint density at radius 3 is 2.60 bits per heavy atom. The zero-order valence-electron chi connectivity index (χ0n) is 11.5. The summed E-state index contributed by atoms with van der Waals surface area (Å²) in [6.07, 6.45) is 0. The summed E-state index contributed by atoms with van der Waals surface area (Å²) in [6.45, 7) is 6.81. The van der Waals surface area contributed by atoms with Crippen molar-refractivity contribution < 1.29 is 4.39 Å². The summed E-state index contributed by atoms with van der Waals surface area (Å²) in [6, 6.07) is 7.65.